The van der Waals surface area contributed by atoms with E-state index in [2.05, 4.69) is 6.58 Å². The van der Waals surface area contributed by atoms with Crippen molar-refractivity contribution >= 4 is 11.6 Å². The Morgan fingerprint density at radius 1 is 1.40 bits per heavy atom. The first-order valence-electron chi connectivity index (χ1n) is 4.70. The Bertz CT molecular complexity index is 397. The van der Waals surface area contributed by atoms with E-state index in [0.717, 1.165) is 22.4 Å². The van der Waals surface area contributed by atoms with E-state index in [4.69, 9.17) is 16.3 Å². The molecule has 1 rings (SSSR count). The van der Waals surface area contributed by atoms with Crippen LogP contribution < -0.4 is 4.74 Å². The number of phenols is 1. The lowest BCUT2D eigenvalue weighted by Gasteiger charge is -2.16. The average molecular weight is 227 g/mol. The molecule has 0 atom stereocenters. The van der Waals surface area contributed by atoms with E-state index >= 15 is 0 Å². The lowest BCUT2D eigenvalue weighted by atomic mass is 10.0. The number of allylic oxidation sites excluding steroid dienone is 1. The number of benzene rings is 1. The highest BCUT2D eigenvalue weighted by Crippen LogP contribution is 2.40. The Morgan fingerprint density at radius 3 is 2.47 bits per heavy atom. The fourth-order valence-electron chi connectivity index (χ4n) is 1.58. The molecule has 0 unspecified atom stereocenters. The molecule has 0 aliphatic rings. The van der Waals surface area contributed by atoms with Crippen molar-refractivity contribution in [2.24, 2.45) is 0 Å². The van der Waals surface area contributed by atoms with Gasteiger partial charge in [0, 0.05) is 5.56 Å². The van der Waals surface area contributed by atoms with Gasteiger partial charge >= 0.3 is 0 Å². The molecule has 0 bridgehead atoms. The third-order valence-corrected chi connectivity index (χ3v) is 2.96. The van der Waals surface area contributed by atoms with E-state index < -0.39 is 0 Å². The van der Waals surface area contributed by atoms with E-state index in [1.807, 2.05) is 13.8 Å². The van der Waals surface area contributed by atoms with Crippen LogP contribution in [0.2, 0.25) is 5.02 Å². The molecule has 0 radical (unpaired) electrons. The molecular formula is C12H15ClO2. The Kier molecular flexibility index (Phi) is 3.64. The molecule has 1 aromatic carbocycles. The van der Waals surface area contributed by atoms with Gasteiger partial charge in [-0.25, -0.2) is 0 Å². The summed E-state index contributed by atoms with van der Waals surface area (Å²) in [7, 11) is 1.60. The molecular weight excluding hydrogens is 212 g/mol. The molecule has 0 saturated heterocycles. The van der Waals surface area contributed by atoms with Gasteiger partial charge in [-0.2, -0.15) is 0 Å². The van der Waals surface area contributed by atoms with Crippen LogP contribution in [0.3, 0.4) is 0 Å². The number of methoxy groups -OCH3 is 1. The third kappa shape index (κ3) is 1.95. The molecule has 15 heavy (non-hydrogen) atoms. The van der Waals surface area contributed by atoms with Gasteiger partial charge in [-0.3, -0.25) is 0 Å². The maximum Gasteiger partial charge on any atom is 0.137 e. The van der Waals surface area contributed by atoms with E-state index in [9.17, 15) is 5.11 Å². The molecule has 0 aliphatic carbocycles. The van der Waals surface area contributed by atoms with Crippen molar-refractivity contribution in [2.75, 3.05) is 7.11 Å². The van der Waals surface area contributed by atoms with Gasteiger partial charge in [0.05, 0.1) is 12.1 Å². The van der Waals surface area contributed by atoms with Crippen molar-refractivity contribution in [3.05, 3.63) is 34.4 Å². The molecule has 0 aliphatic heterocycles. The van der Waals surface area contributed by atoms with Gasteiger partial charge in [0.1, 0.15) is 11.5 Å². The molecule has 0 aromatic heterocycles. The third-order valence-electron chi connectivity index (χ3n) is 2.56. The van der Waals surface area contributed by atoms with Crippen LogP contribution in [0, 0.1) is 13.8 Å². The SMILES string of the molecule is C=CCc1c(Cl)c(O)c(C)c(C)c1OC. The van der Waals surface area contributed by atoms with Crippen LogP contribution in [-0.4, -0.2) is 12.2 Å². The zero-order chi connectivity index (χ0) is 11.6. The lowest BCUT2D eigenvalue weighted by molar-refractivity contribution is 0.403. The summed E-state index contributed by atoms with van der Waals surface area (Å²) >= 11 is 6.06. The van der Waals surface area contributed by atoms with Crippen LogP contribution in [0.15, 0.2) is 12.7 Å². The molecule has 3 heteroatoms. The predicted molar refractivity (Wildman–Crippen MR) is 63.0 cm³/mol. The van der Waals surface area contributed by atoms with Crippen LogP contribution in [0.4, 0.5) is 0 Å². The van der Waals surface area contributed by atoms with Crippen molar-refractivity contribution in [2.45, 2.75) is 20.3 Å². The normalized spacial score (nSPS) is 10.1. The summed E-state index contributed by atoms with van der Waals surface area (Å²) in [6.45, 7) is 7.37. The molecule has 1 N–H and O–H groups in total. The van der Waals surface area contributed by atoms with Crippen molar-refractivity contribution in [1.29, 1.82) is 0 Å². The van der Waals surface area contributed by atoms with Gasteiger partial charge < -0.3 is 9.84 Å². The maximum atomic E-state index is 9.79. The first kappa shape index (κ1) is 11.9. The average Bonchev–Trinajstić information content (AvgIpc) is 2.24. The summed E-state index contributed by atoms with van der Waals surface area (Å²) < 4.78 is 5.30. The van der Waals surface area contributed by atoms with Gasteiger partial charge in [0.2, 0.25) is 0 Å². The molecule has 0 fully saturated rings. The summed E-state index contributed by atoms with van der Waals surface area (Å²) in [5.74, 6) is 0.863. The minimum atomic E-state index is 0.131. The second kappa shape index (κ2) is 4.58. The summed E-state index contributed by atoms with van der Waals surface area (Å²) in [6.07, 6.45) is 2.31. The second-order valence-corrected chi connectivity index (χ2v) is 3.80. The van der Waals surface area contributed by atoms with Gasteiger partial charge in [-0.15, -0.1) is 6.58 Å². The minimum Gasteiger partial charge on any atom is -0.506 e. The highest BCUT2D eigenvalue weighted by atomic mass is 35.5. The van der Waals surface area contributed by atoms with Crippen molar-refractivity contribution in [3.8, 4) is 11.5 Å². The maximum absolute atomic E-state index is 9.79. The van der Waals surface area contributed by atoms with Crippen LogP contribution >= 0.6 is 11.6 Å². The second-order valence-electron chi connectivity index (χ2n) is 3.42. The molecule has 82 valence electrons. The van der Waals surface area contributed by atoms with Crippen molar-refractivity contribution < 1.29 is 9.84 Å². The Morgan fingerprint density at radius 2 is 2.00 bits per heavy atom. The van der Waals surface area contributed by atoms with E-state index in [-0.39, 0.29) is 5.75 Å². The highest BCUT2D eigenvalue weighted by molar-refractivity contribution is 6.33. The summed E-state index contributed by atoms with van der Waals surface area (Å²) in [5.41, 5.74) is 2.45. The predicted octanol–water partition coefficient (Wildman–Crippen LogP) is 3.40. The van der Waals surface area contributed by atoms with Crippen molar-refractivity contribution in [3.63, 3.8) is 0 Å². The number of halogens is 1. The zero-order valence-electron chi connectivity index (χ0n) is 9.22. The van der Waals surface area contributed by atoms with Gasteiger partial charge in [-0.1, -0.05) is 17.7 Å². The van der Waals surface area contributed by atoms with E-state index in [0.29, 0.717) is 11.4 Å². The van der Waals surface area contributed by atoms with Crippen LogP contribution in [-0.2, 0) is 6.42 Å². The van der Waals surface area contributed by atoms with Crippen LogP contribution in [0.5, 0.6) is 11.5 Å². The minimum absolute atomic E-state index is 0.131. The molecule has 2 nitrogen and oxygen atoms in total. The van der Waals surface area contributed by atoms with Crippen molar-refractivity contribution in [1.82, 2.24) is 0 Å². The fraction of sp³-hybridized carbons (Fsp3) is 0.333. The lowest BCUT2D eigenvalue weighted by Crippen LogP contribution is -1.98. The smallest absolute Gasteiger partial charge is 0.137 e. The highest BCUT2D eigenvalue weighted by Gasteiger charge is 2.17. The summed E-state index contributed by atoms with van der Waals surface area (Å²) in [5, 5.41) is 10.1. The number of rotatable bonds is 3. The molecule has 0 spiro atoms. The number of hydrogen-bond donors (Lipinski definition) is 1. The van der Waals surface area contributed by atoms with E-state index in [1.54, 1.807) is 13.2 Å². The number of phenolic OH excluding ortho intramolecular Hbond substituents is 1. The standard InChI is InChI=1S/C12H15ClO2/c1-5-6-9-10(13)11(14)7(2)8(3)12(9)15-4/h5,14H,1,6H2,2-4H3. The number of ether oxygens (including phenoxy) is 1. The molecule has 0 heterocycles. The number of aromatic hydroxyl groups is 1. The zero-order valence-corrected chi connectivity index (χ0v) is 9.98. The Balaban J connectivity index is 3.53. The quantitative estimate of drug-likeness (QED) is 0.801. The summed E-state index contributed by atoms with van der Waals surface area (Å²) in [6, 6.07) is 0. The van der Waals surface area contributed by atoms with Crippen LogP contribution in [0.25, 0.3) is 0 Å². The molecule has 1 aromatic rings. The van der Waals surface area contributed by atoms with E-state index in [1.165, 1.54) is 0 Å². The van der Waals surface area contributed by atoms with Crippen LogP contribution in [0.1, 0.15) is 16.7 Å². The van der Waals surface area contributed by atoms with Gasteiger partial charge in [0.15, 0.2) is 0 Å². The summed E-state index contributed by atoms with van der Waals surface area (Å²) in [4.78, 5) is 0. The molecule has 0 amide bonds. The molecule has 0 saturated carbocycles. The Labute approximate surface area is 95.1 Å². The Hall–Kier alpha value is -1.15. The van der Waals surface area contributed by atoms with Gasteiger partial charge in [0.25, 0.3) is 0 Å². The first-order chi connectivity index (χ1) is 7.04. The topological polar surface area (TPSA) is 29.5 Å². The monoisotopic (exact) mass is 226 g/mol. The van der Waals surface area contributed by atoms with Gasteiger partial charge in [-0.05, 0) is 31.4 Å². The largest absolute Gasteiger partial charge is 0.506 e. The first-order valence-corrected chi connectivity index (χ1v) is 5.07. The number of hydrogen-bond acceptors (Lipinski definition) is 2. The fourth-order valence-corrected chi connectivity index (χ4v) is 1.89.